The average molecular weight is 300 g/mol. The van der Waals surface area contributed by atoms with E-state index in [1.165, 1.54) is 32.1 Å². The topological polar surface area (TPSA) is 39.1 Å². The molecule has 5 heteroatoms. The van der Waals surface area contributed by atoms with Crippen LogP contribution in [0.3, 0.4) is 0 Å². The summed E-state index contributed by atoms with van der Waals surface area (Å²) in [5.41, 5.74) is 1.10. The van der Waals surface area contributed by atoms with Crippen LogP contribution in [0.2, 0.25) is 5.02 Å². The Morgan fingerprint density at radius 2 is 2.25 bits per heavy atom. The van der Waals surface area contributed by atoms with Crippen LogP contribution in [-0.2, 0) is 11.3 Å². The highest BCUT2D eigenvalue weighted by Gasteiger charge is 2.22. The highest BCUT2D eigenvalue weighted by Crippen LogP contribution is 2.33. The summed E-state index contributed by atoms with van der Waals surface area (Å²) >= 11 is 6.33. The molecule has 114 valence electrons. The summed E-state index contributed by atoms with van der Waals surface area (Å²) in [6, 6.07) is 0.280. The molecule has 1 heterocycles. The monoisotopic (exact) mass is 299 g/mol. The number of hydrogen-bond acceptors (Lipinski definition) is 3. The number of rotatable bonds is 8. The molecule has 4 nitrogen and oxygen atoms in total. The van der Waals surface area contributed by atoms with E-state index in [0.29, 0.717) is 6.61 Å². The first-order valence-corrected chi connectivity index (χ1v) is 8.01. The predicted octanol–water partition coefficient (Wildman–Crippen LogP) is 3.41. The Bertz CT molecular complexity index is 402. The Morgan fingerprint density at radius 3 is 2.90 bits per heavy atom. The first-order chi connectivity index (χ1) is 9.76. The summed E-state index contributed by atoms with van der Waals surface area (Å²) in [5.74, 6) is 0.903. The van der Waals surface area contributed by atoms with E-state index in [1.807, 2.05) is 11.7 Å². The quantitative estimate of drug-likeness (QED) is 0.799. The van der Waals surface area contributed by atoms with Gasteiger partial charge in [-0.15, -0.1) is 0 Å². The fourth-order valence-corrected chi connectivity index (χ4v) is 3.47. The maximum absolute atomic E-state index is 6.33. The number of hydrogen-bond donors (Lipinski definition) is 1. The first-order valence-electron chi connectivity index (χ1n) is 7.63. The molecule has 1 N–H and O–H groups in total. The minimum Gasteiger partial charge on any atom is -0.383 e. The van der Waals surface area contributed by atoms with Crippen molar-refractivity contribution in [1.82, 2.24) is 15.1 Å². The standard InChI is InChI=1S/C15H26ClN3O/c1-17-14(8-7-12-5-3-4-6-12)15-13(16)11-18-19(15)9-10-20-2/h11-12,14,17H,3-10H2,1-2H3. The van der Waals surface area contributed by atoms with Gasteiger partial charge in [0.25, 0.3) is 0 Å². The molecule has 0 aliphatic heterocycles. The van der Waals surface area contributed by atoms with Crippen LogP contribution in [0, 0.1) is 5.92 Å². The zero-order valence-electron chi connectivity index (χ0n) is 12.6. The van der Waals surface area contributed by atoms with Crippen LogP contribution in [0.5, 0.6) is 0 Å². The Labute approximate surface area is 126 Å². The van der Waals surface area contributed by atoms with Gasteiger partial charge in [0.15, 0.2) is 0 Å². The third-order valence-corrected chi connectivity index (χ3v) is 4.65. The van der Waals surface area contributed by atoms with E-state index in [2.05, 4.69) is 10.4 Å². The molecule has 1 fully saturated rings. The second-order valence-corrected chi connectivity index (χ2v) is 6.07. The molecule has 2 rings (SSSR count). The fraction of sp³-hybridized carbons (Fsp3) is 0.800. The largest absolute Gasteiger partial charge is 0.383 e. The minimum atomic E-state index is 0.280. The number of ether oxygens (including phenoxy) is 1. The van der Waals surface area contributed by atoms with E-state index in [0.717, 1.165) is 29.6 Å². The summed E-state index contributed by atoms with van der Waals surface area (Å²) < 4.78 is 7.11. The molecule has 0 amide bonds. The normalized spacial score (nSPS) is 17.8. The highest BCUT2D eigenvalue weighted by molar-refractivity contribution is 6.31. The van der Waals surface area contributed by atoms with Crippen molar-refractivity contribution in [3.05, 3.63) is 16.9 Å². The van der Waals surface area contributed by atoms with Gasteiger partial charge in [-0.3, -0.25) is 4.68 Å². The summed E-state index contributed by atoms with van der Waals surface area (Å²) in [4.78, 5) is 0. The lowest BCUT2D eigenvalue weighted by molar-refractivity contribution is 0.181. The van der Waals surface area contributed by atoms with Crippen LogP contribution >= 0.6 is 11.6 Å². The SMILES string of the molecule is CNC(CCC1CCCC1)c1c(Cl)cnn1CCOC. The zero-order valence-corrected chi connectivity index (χ0v) is 13.3. The van der Waals surface area contributed by atoms with E-state index in [9.17, 15) is 0 Å². The molecular weight excluding hydrogens is 274 g/mol. The number of nitrogens with one attached hydrogen (secondary N) is 1. The minimum absolute atomic E-state index is 0.280. The Kier molecular flexibility index (Phi) is 6.33. The molecule has 0 spiro atoms. The smallest absolute Gasteiger partial charge is 0.0834 e. The highest BCUT2D eigenvalue weighted by atomic mass is 35.5. The van der Waals surface area contributed by atoms with Crippen molar-refractivity contribution >= 4 is 11.6 Å². The van der Waals surface area contributed by atoms with Crippen molar-refractivity contribution in [2.24, 2.45) is 5.92 Å². The molecule has 20 heavy (non-hydrogen) atoms. The average Bonchev–Trinajstić information content (AvgIpc) is 3.08. The summed E-state index contributed by atoms with van der Waals surface area (Å²) in [5, 5.41) is 8.52. The van der Waals surface area contributed by atoms with Crippen molar-refractivity contribution < 1.29 is 4.74 Å². The fourth-order valence-electron chi connectivity index (χ4n) is 3.19. The lowest BCUT2D eigenvalue weighted by Crippen LogP contribution is -2.22. The molecule has 1 aliphatic carbocycles. The van der Waals surface area contributed by atoms with Gasteiger partial charge >= 0.3 is 0 Å². The Balaban J connectivity index is 1.99. The summed E-state index contributed by atoms with van der Waals surface area (Å²) in [7, 11) is 3.71. The van der Waals surface area contributed by atoms with E-state index >= 15 is 0 Å². The summed E-state index contributed by atoms with van der Waals surface area (Å²) in [6.07, 6.45) is 9.74. The van der Waals surface area contributed by atoms with E-state index in [1.54, 1.807) is 13.3 Å². The van der Waals surface area contributed by atoms with Gasteiger partial charge in [0.05, 0.1) is 36.1 Å². The van der Waals surface area contributed by atoms with E-state index < -0.39 is 0 Å². The van der Waals surface area contributed by atoms with Crippen LogP contribution in [0.1, 0.15) is 50.3 Å². The van der Waals surface area contributed by atoms with Crippen molar-refractivity contribution in [1.29, 1.82) is 0 Å². The van der Waals surface area contributed by atoms with E-state index in [4.69, 9.17) is 16.3 Å². The van der Waals surface area contributed by atoms with Gasteiger partial charge in [-0.25, -0.2) is 0 Å². The number of halogens is 1. The third kappa shape index (κ3) is 3.96. The Morgan fingerprint density at radius 1 is 1.50 bits per heavy atom. The molecule has 1 unspecified atom stereocenters. The van der Waals surface area contributed by atoms with Crippen LogP contribution < -0.4 is 5.32 Å². The molecule has 1 saturated carbocycles. The molecule has 0 saturated heterocycles. The molecule has 1 aliphatic rings. The maximum atomic E-state index is 6.33. The number of methoxy groups -OCH3 is 1. The van der Waals surface area contributed by atoms with Crippen molar-refractivity contribution in [2.45, 2.75) is 51.1 Å². The van der Waals surface area contributed by atoms with Crippen molar-refractivity contribution in [3.63, 3.8) is 0 Å². The van der Waals surface area contributed by atoms with Gasteiger partial charge in [-0.05, 0) is 25.8 Å². The van der Waals surface area contributed by atoms with Gasteiger partial charge in [-0.1, -0.05) is 37.3 Å². The van der Waals surface area contributed by atoms with Gasteiger partial charge in [0, 0.05) is 7.11 Å². The summed E-state index contributed by atoms with van der Waals surface area (Å²) in [6.45, 7) is 1.41. The van der Waals surface area contributed by atoms with Gasteiger partial charge in [0.1, 0.15) is 0 Å². The second-order valence-electron chi connectivity index (χ2n) is 5.66. The van der Waals surface area contributed by atoms with Gasteiger partial charge in [0.2, 0.25) is 0 Å². The lowest BCUT2D eigenvalue weighted by Gasteiger charge is -2.20. The first kappa shape index (κ1) is 15.8. The van der Waals surface area contributed by atoms with Crippen LogP contribution in [-0.4, -0.2) is 30.5 Å². The Hall–Kier alpha value is -0.580. The van der Waals surface area contributed by atoms with Crippen LogP contribution in [0.4, 0.5) is 0 Å². The third-order valence-electron chi connectivity index (χ3n) is 4.36. The second kappa shape index (κ2) is 8.01. The predicted molar refractivity (Wildman–Crippen MR) is 82.1 cm³/mol. The van der Waals surface area contributed by atoms with Crippen molar-refractivity contribution in [3.8, 4) is 0 Å². The zero-order chi connectivity index (χ0) is 14.4. The maximum Gasteiger partial charge on any atom is 0.0834 e. The molecule has 0 aromatic carbocycles. The van der Waals surface area contributed by atoms with Crippen LogP contribution in [0.25, 0.3) is 0 Å². The molecule has 0 radical (unpaired) electrons. The molecular formula is C15H26ClN3O. The van der Waals surface area contributed by atoms with Gasteiger partial charge in [-0.2, -0.15) is 5.10 Å². The van der Waals surface area contributed by atoms with Crippen molar-refractivity contribution in [2.75, 3.05) is 20.8 Å². The molecule has 1 aromatic rings. The van der Waals surface area contributed by atoms with Crippen LogP contribution in [0.15, 0.2) is 6.20 Å². The molecule has 1 aromatic heterocycles. The number of aromatic nitrogens is 2. The number of nitrogens with zero attached hydrogens (tertiary/aromatic N) is 2. The van der Waals surface area contributed by atoms with E-state index in [-0.39, 0.29) is 6.04 Å². The molecule has 0 bridgehead atoms. The molecule has 1 atom stereocenters. The van der Waals surface area contributed by atoms with Gasteiger partial charge < -0.3 is 10.1 Å². The lowest BCUT2D eigenvalue weighted by atomic mass is 9.97.